The van der Waals surface area contributed by atoms with Crippen molar-refractivity contribution in [3.05, 3.63) is 0 Å². The van der Waals surface area contributed by atoms with Crippen molar-refractivity contribution in [2.75, 3.05) is 0 Å². The SMILES string of the molecule is CCC(CC[C](=O)[Ir])C(C)=O. The Bertz CT molecular complexity index is 154. The fourth-order valence-corrected chi connectivity index (χ4v) is 1.32. The van der Waals surface area contributed by atoms with Crippen LogP contribution in [0.3, 0.4) is 0 Å². The summed E-state index contributed by atoms with van der Waals surface area (Å²) < 4.78 is 0.171. The quantitative estimate of drug-likeness (QED) is 0.763. The second kappa shape index (κ2) is 5.62. The molecule has 1 unspecified atom stereocenters. The molecule has 3 heteroatoms. The topological polar surface area (TPSA) is 34.1 Å². The molecule has 0 aromatic heterocycles. The van der Waals surface area contributed by atoms with Gasteiger partial charge < -0.3 is 0 Å². The maximum atomic E-state index is 10.9. The number of hydrogen-bond donors (Lipinski definition) is 0. The van der Waals surface area contributed by atoms with Crippen molar-refractivity contribution in [3.8, 4) is 0 Å². The predicted molar refractivity (Wildman–Crippen MR) is 38.7 cm³/mol. The molecule has 0 saturated carbocycles. The molecule has 66 valence electrons. The number of hydrogen-bond acceptors (Lipinski definition) is 2. The van der Waals surface area contributed by atoms with Gasteiger partial charge in [-0.15, -0.1) is 0 Å². The first-order valence-electron chi connectivity index (χ1n) is 3.74. The van der Waals surface area contributed by atoms with Crippen LogP contribution in [0.25, 0.3) is 0 Å². The fraction of sp³-hybridized carbons (Fsp3) is 0.750. The molecular formula is C8H13IrO2. The van der Waals surface area contributed by atoms with E-state index >= 15 is 0 Å². The van der Waals surface area contributed by atoms with E-state index in [0.717, 1.165) is 12.8 Å². The summed E-state index contributed by atoms with van der Waals surface area (Å²) in [6.45, 7) is 3.57. The van der Waals surface area contributed by atoms with Gasteiger partial charge in [-0.2, -0.15) is 0 Å². The van der Waals surface area contributed by atoms with E-state index in [1.165, 1.54) is 0 Å². The van der Waals surface area contributed by atoms with Gasteiger partial charge in [0.2, 0.25) is 0 Å². The summed E-state index contributed by atoms with van der Waals surface area (Å²) in [5, 5.41) is 0. The third-order valence-electron chi connectivity index (χ3n) is 1.75. The molecule has 0 aromatic rings. The Morgan fingerprint density at radius 2 is 2.00 bits per heavy atom. The summed E-state index contributed by atoms with van der Waals surface area (Å²) in [6, 6.07) is 0. The molecule has 0 spiro atoms. The molecule has 0 aliphatic rings. The van der Waals surface area contributed by atoms with Crippen molar-refractivity contribution in [1.82, 2.24) is 0 Å². The van der Waals surface area contributed by atoms with Crippen molar-refractivity contribution in [2.24, 2.45) is 5.92 Å². The van der Waals surface area contributed by atoms with E-state index in [1.54, 1.807) is 25.8 Å². The maximum absolute atomic E-state index is 10.9. The van der Waals surface area contributed by atoms with Crippen LogP contribution >= 0.6 is 0 Å². The molecule has 0 saturated heterocycles. The van der Waals surface area contributed by atoms with Crippen LogP contribution in [0.2, 0.25) is 0 Å². The van der Waals surface area contributed by atoms with E-state index in [9.17, 15) is 9.59 Å². The number of carbonyl (C=O) groups is 2. The van der Waals surface area contributed by atoms with Crippen molar-refractivity contribution in [1.29, 1.82) is 0 Å². The van der Waals surface area contributed by atoms with E-state index in [4.69, 9.17) is 0 Å². The Labute approximate surface area is 77.9 Å². The first kappa shape index (κ1) is 11.0. The molecule has 0 amide bonds. The van der Waals surface area contributed by atoms with Crippen LogP contribution in [-0.4, -0.2) is 10.1 Å². The van der Waals surface area contributed by atoms with E-state index in [-0.39, 0.29) is 16.0 Å². The van der Waals surface area contributed by atoms with Gasteiger partial charge in [0, 0.05) is 0 Å². The molecule has 0 N–H and O–H groups in total. The molecule has 11 heavy (non-hydrogen) atoms. The van der Waals surface area contributed by atoms with Gasteiger partial charge >= 0.3 is 77.6 Å². The number of carbonyl (C=O) groups excluding carboxylic acids is 2. The van der Waals surface area contributed by atoms with Gasteiger partial charge in [-0.25, -0.2) is 0 Å². The van der Waals surface area contributed by atoms with Crippen LogP contribution < -0.4 is 0 Å². The van der Waals surface area contributed by atoms with Crippen LogP contribution in [0.15, 0.2) is 0 Å². The Kier molecular flexibility index (Phi) is 5.61. The monoisotopic (exact) mass is 334 g/mol. The molecule has 0 aromatic carbocycles. The summed E-state index contributed by atoms with van der Waals surface area (Å²) in [6.07, 6.45) is 2.11. The number of Topliss-reactive ketones (excluding diaryl/α,β-unsaturated/α-hetero) is 1. The van der Waals surface area contributed by atoms with Crippen LogP contribution in [0.5, 0.6) is 0 Å². The first-order chi connectivity index (χ1) is 5.07. The van der Waals surface area contributed by atoms with Crippen LogP contribution in [0.4, 0.5) is 0 Å². The van der Waals surface area contributed by atoms with Gasteiger partial charge in [-0.1, -0.05) is 0 Å². The van der Waals surface area contributed by atoms with Gasteiger partial charge in [0.05, 0.1) is 0 Å². The normalized spacial score (nSPS) is 12.7. The molecule has 2 nitrogen and oxygen atoms in total. The molecule has 0 fully saturated rings. The average Bonchev–Trinajstić information content (AvgIpc) is 1.87. The average molecular weight is 333 g/mol. The van der Waals surface area contributed by atoms with E-state index in [1.807, 2.05) is 6.92 Å². The summed E-state index contributed by atoms with van der Waals surface area (Å²) in [5.41, 5.74) is 0. The zero-order chi connectivity index (χ0) is 8.85. The molecule has 1 atom stereocenters. The Morgan fingerprint density at radius 3 is 2.27 bits per heavy atom. The molecule has 0 bridgehead atoms. The number of rotatable bonds is 5. The van der Waals surface area contributed by atoms with Crippen molar-refractivity contribution in [3.63, 3.8) is 0 Å². The van der Waals surface area contributed by atoms with Gasteiger partial charge in [-0.05, 0) is 0 Å². The third kappa shape index (κ3) is 5.28. The van der Waals surface area contributed by atoms with Gasteiger partial charge in [0.15, 0.2) is 0 Å². The molecule has 0 heterocycles. The second-order valence-corrected chi connectivity index (χ2v) is 3.92. The minimum atomic E-state index is 0.0962. The zero-order valence-electron chi connectivity index (χ0n) is 6.85. The van der Waals surface area contributed by atoms with E-state index in [2.05, 4.69) is 0 Å². The van der Waals surface area contributed by atoms with Gasteiger partial charge in [-0.3, -0.25) is 0 Å². The Hall–Kier alpha value is -0.0106. The van der Waals surface area contributed by atoms with Gasteiger partial charge in [0.25, 0.3) is 0 Å². The molecule has 0 radical (unpaired) electrons. The Balaban J connectivity index is 3.70. The summed E-state index contributed by atoms with van der Waals surface area (Å²) in [4.78, 5) is 21.5. The fourth-order valence-electron chi connectivity index (χ4n) is 0.976. The second-order valence-electron chi connectivity index (χ2n) is 2.58. The number of ketones is 1. The van der Waals surface area contributed by atoms with E-state index in [0.29, 0.717) is 6.42 Å². The molecular weight excluding hydrogens is 320 g/mol. The van der Waals surface area contributed by atoms with E-state index < -0.39 is 0 Å². The summed E-state index contributed by atoms with van der Waals surface area (Å²) in [7, 11) is 0. The third-order valence-corrected chi connectivity index (χ3v) is 2.34. The van der Waals surface area contributed by atoms with Crippen LogP contribution in [0.1, 0.15) is 33.1 Å². The van der Waals surface area contributed by atoms with Crippen molar-refractivity contribution < 1.29 is 28.5 Å². The first-order valence-corrected chi connectivity index (χ1v) is 4.94. The van der Waals surface area contributed by atoms with Crippen molar-refractivity contribution in [2.45, 2.75) is 33.1 Å². The summed E-state index contributed by atoms with van der Waals surface area (Å²) in [5.74, 6) is 0.299. The predicted octanol–water partition coefficient (Wildman–Crippen LogP) is 1.46. The molecule has 0 aliphatic carbocycles. The van der Waals surface area contributed by atoms with Gasteiger partial charge in [0.1, 0.15) is 0 Å². The minimum absolute atomic E-state index is 0.0962. The Morgan fingerprint density at radius 1 is 1.45 bits per heavy atom. The standard InChI is InChI=1S/C8H13O2.Ir/c1-3-8(7(2)10)5-4-6-9;/h8H,3-5H2,1-2H3;. The molecule has 0 rings (SSSR count). The van der Waals surface area contributed by atoms with Crippen molar-refractivity contribution >= 4 is 10.1 Å². The van der Waals surface area contributed by atoms with Crippen LogP contribution in [-0.2, 0) is 28.5 Å². The summed E-state index contributed by atoms with van der Waals surface area (Å²) >= 11 is 1.56. The zero-order valence-corrected chi connectivity index (χ0v) is 9.24. The van der Waals surface area contributed by atoms with Crippen LogP contribution in [0, 0.1) is 5.92 Å². The molecule has 0 aliphatic heterocycles.